The maximum Gasteiger partial charge on any atom is 0.258 e. The largest absolute Gasteiger partial charge is 0.335 e. The van der Waals surface area contributed by atoms with Crippen LogP contribution >= 0.6 is 11.8 Å². The molecule has 1 aromatic carbocycles. The van der Waals surface area contributed by atoms with Crippen LogP contribution in [-0.2, 0) is 5.75 Å². The van der Waals surface area contributed by atoms with E-state index in [1.54, 1.807) is 18.3 Å². The van der Waals surface area contributed by atoms with Gasteiger partial charge in [-0.1, -0.05) is 11.8 Å². The maximum atomic E-state index is 13.1. The summed E-state index contributed by atoms with van der Waals surface area (Å²) in [6.45, 7) is 1.95. The topological polar surface area (TPSA) is 91.1 Å². The Kier molecular flexibility index (Phi) is 4.36. The predicted molar refractivity (Wildman–Crippen MR) is 101 cm³/mol. The lowest BCUT2D eigenvalue weighted by atomic mass is 10.2. The lowest BCUT2D eigenvalue weighted by Gasteiger charge is -2.05. The summed E-state index contributed by atoms with van der Waals surface area (Å²) in [5, 5.41) is 8.61. The molecule has 7 nitrogen and oxygen atoms in total. The highest BCUT2D eigenvalue weighted by Gasteiger charge is 2.13. The van der Waals surface area contributed by atoms with E-state index in [-0.39, 0.29) is 11.4 Å². The number of pyridine rings is 1. The third-order valence-electron chi connectivity index (χ3n) is 3.99. The van der Waals surface area contributed by atoms with Crippen molar-refractivity contribution < 1.29 is 4.39 Å². The minimum atomic E-state index is -0.333. The summed E-state index contributed by atoms with van der Waals surface area (Å²) in [5.74, 6) is 6.58. The van der Waals surface area contributed by atoms with Crippen molar-refractivity contribution in [1.29, 1.82) is 0 Å². The first kappa shape index (κ1) is 17.2. The number of nitrogens with two attached hydrogens (primary N) is 1. The minimum Gasteiger partial charge on any atom is -0.335 e. The van der Waals surface area contributed by atoms with Gasteiger partial charge in [-0.15, -0.1) is 10.2 Å². The number of rotatable bonds is 4. The lowest BCUT2D eigenvalue weighted by Crippen LogP contribution is -2.15. The van der Waals surface area contributed by atoms with Crippen LogP contribution in [0.15, 0.2) is 58.6 Å². The summed E-state index contributed by atoms with van der Waals surface area (Å²) < 4.78 is 15.9. The number of nitrogens with zero attached hydrogens (tertiary/aromatic N) is 5. The highest BCUT2D eigenvalue weighted by atomic mass is 32.2. The number of aromatic nitrogens is 5. The average molecular weight is 382 g/mol. The van der Waals surface area contributed by atoms with Gasteiger partial charge in [0.25, 0.3) is 5.56 Å². The van der Waals surface area contributed by atoms with Crippen molar-refractivity contribution >= 4 is 17.4 Å². The molecule has 0 atom stereocenters. The summed E-state index contributed by atoms with van der Waals surface area (Å²) in [5.41, 5.74) is 2.77. The molecule has 27 heavy (non-hydrogen) atoms. The van der Waals surface area contributed by atoms with Crippen molar-refractivity contribution in [1.82, 2.24) is 24.3 Å². The summed E-state index contributed by atoms with van der Waals surface area (Å²) >= 11 is 1.32. The van der Waals surface area contributed by atoms with Crippen molar-refractivity contribution in [2.75, 3.05) is 5.84 Å². The molecule has 2 N–H and O–H groups in total. The molecule has 0 saturated heterocycles. The van der Waals surface area contributed by atoms with Crippen LogP contribution in [-0.4, -0.2) is 24.3 Å². The molecule has 0 aliphatic rings. The Balaban J connectivity index is 1.58. The van der Waals surface area contributed by atoms with Gasteiger partial charge in [0.1, 0.15) is 11.5 Å². The fourth-order valence-electron chi connectivity index (χ4n) is 2.64. The molecule has 0 amide bonds. The first-order valence-corrected chi connectivity index (χ1v) is 9.08. The number of hydrogen-bond acceptors (Lipinski definition) is 6. The van der Waals surface area contributed by atoms with Gasteiger partial charge in [0.05, 0.1) is 5.69 Å². The molecule has 0 radical (unpaired) electrons. The van der Waals surface area contributed by atoms with Crippen molar-refractivity contribution in [3.8, 4) is 11.4 Å². The Bertz CT molecular complexity index is 1180. The Morgan fingerprint density at radius 2 is 1.93 bits per heavy atom. The van der Waals surface area contributed by atoms with E-state index in [4.69, 9.17) is 5.84 Å². The van der Waals surface area contributed by atoms with Gasteiger partial charge in [-0.25, -0.2) is 14.1 Å². The van der Waals surface area contributed by atoms with Crippen molar-refractivity contribution in [2.24, 2.45) is 0 Å². The van der Waals surface area contributed by atoms with Gasteiger partial charge in [0, 0.05) is 23.6 Å². The van der Waals surface area contributed by atoms with Crippen LogP contribution in [0.25, 0.3) is 17.0 Å². The lowest BCUT2D eigenvalue weighted by molar-refractivity contribution is 0.628. The Morgan fingerprint density at radius 3 is 2.70 bits per heavy atom. The van der Waals surface area contributed by atoms with Crippen LogP contribution in [0.3, 0.4) is 0 Å². The number of halogens is 1. The zero-order valence-corrected chi connectivity index (χ0v) is 15.2. The van der Waals surface area contributed by atoms with E-state index in [0.29, 0.717) is 33.6 Å². The van der Waals surface area contributed by atoms with E-state index in [9.17, 15) is 9.18 Å². The normalized spacial score (nSPS) is 11.2. The molecule has 0 saturated carbocycles. The standard InChI is InChI=1S/C18H15FN6OS/c1-11-6-7-24-15(8-11)21-14(9-16(24)26)10-27-18-23-22-17(25(18)20)12-2-4-13(19)5-3-12/h2-9H,10,20H2,1H3. The van der Waals surface area contributed by atoms with E-state index < -0.39 is 0 Å². The first-order chi connectivity index (χ1) is 13.0. The summed E-state index contributed by atoms with van der Waals surface area (Å²) in [6, 6.07) is 11.1. The quantitative estimate of drug-likeness (QED) is 0.431. The average Bonchev–Trinajstić information content (AvgIpc) is 3.01. The van der Waals surface area contributed by atoms with Crippen LogP contribution < -0.4 is 11.4 Å². The second-order valence-corrected chi connectivity index (χ2v) is 6.93. The van der Waals surface area contributed by atoms with Crippen molar-refractivity contribution in [3.05, 3.63) is 76.1 Å². The number of hydrogen-bond donors (Lipinski definition) is 1. The number of fused-ring (bicyclic) bond motifs is 1. The van der Waals surface area contributed by atoms with Crippen LogP contribution in [0.5, 0.6) is 0 Å². The Hall–Kier alpha value is -3.20. The summed E-state index contributed by atoms with van der Waals surface area (Å²) in [4.78, 5) is 16.7. The van der Waals surface area contributed by atoms with Gasteiger partial charge in [-0.05, 0) is 48.9 Å². The van der Waals surface area contributed by atoms with E-state index >= 15 is 0 Å². The molecular formula is C18H15FN6OS. The smallest absolute Gasteiger partial charge is 0.258 e. The molecule has 9 heteroatoms. The van der Waals surface area contributed by atoms with E-state index in [1.807, 2.05) is 19.1 Å². The van der Waals surface area contributed by atoms with E-state index in [0.717, 1.165) is 5.56 Å². The molecule has 136 valence electrons. The van der Waals surface area contributed by atoms with Crippen molar-refractivity contribution in [2.45, 2.75) is 17.8 Å². The second kappa shape index (κ2) is 6.84. The van der Waals surface area contributed by atoms with Gasteiger partial charge < -0.3 is 5.84 Å². The molecule has 0 aliphatic heterocycles. The molecule has 0 spiro atoms. The van der Waals surface area contributed by atoms with Crippen LogP contribution in [0.1, 0.15) is 11.3 Å². The molecule has 0 unspecified atom stereocenters. The fraction of sp³-hybridized carbons (Fsp3) is 0.111. The van der Waals surface area contributed by atoms with E-state index in [2.05, 4.69) is 15.2 Å². The third-order valence-corrected chi connectivity index (χ3v) is 4.97. The number of aryl methyl sites for hydroxylation is 1. The molecule has 4 aromatic rings. The zero-order valence-electron chi connectivity index (χ0n) is 14.3. The molecule has 4 rings (SSSR count). The highest BCUT2D eigenvalue weighted by Crippen LogP contribution is 2.24. The number of thioether (sulfide) groups is 1. The second-order valence-electron chi connectivity index (χ2n) is 5.99. The van der Waals surface area contributed by atoms with Crippen LogP contribution in [0.2, 0.25) is 0 Å². The van der Waals surface area contributed by atoms with Crippen LogP contribution in [0, 0.1) is 12.7 Å². The SMILES string of the molecule is Cc1ccn2c(=O)cc(CSc3nnc(-c4ccc(F)cc4)n3N)nc2c1. The Morgan fingerprint density at radius 1 is 1.15 bits per heavy atom. The van der Waals surface area contributed by atoms with Crippen molar-refractivity contribution in [3.63, 3.8) is 0 Å². The monoisotopic (exact) mass is 382 g/mol. The van der Waals surface area contributed by atoms with Gasteiger partial charge in [0.15, 0.2) is 5.82 Å². The molecular weight excluding hydrogens is 367 g/mol. The summed E-state index contributed by atoms with van der Waals surface area (Å²) in [6.07, 6.45) is 1.71. The zero-order chi connectivity index (χ0) is 19.0. The van der Waals surface area contributed by atoms with Gasteiger partial charge in [0.2, 0.25) is 5.16 Å². The molecule has 0 aliphatic carbocycles. The van der Waals surface area contributed by atoms with Crippen LogP contribution in [0.4, 0.5) is 4.39 Å². The first-order valence-electron chi connectivity index (χ1n) is 8.09. The maximum absolute atomic E-state index is 13.1. The fourth-order valence-corrected chi connectivity index (χ4v) is 3.39. The third kappa shape index (κ3) is 3.41. The minimum absolute atomic E-state index is 0.142. The van der Waals surface area contributed by atoms with Gasteiger partial charge >= 0.3 is 0 Å². The summed E-state index contributed by atoms with van der Waals surface area (Å²) in [7, 11) is 0. The molecule has 3 heterocycles. The Labute approximate surface area is 157 Å². The number of nitrogen functional groups attached to an aromatic ring is 1. The molecule has 0 fully saturated rings. The van der Waals surface area contributed by atoms with Gasteiger partial charge in [-0.2, -0.15) is 0 Å². The predicted octanol–water partition coefficient (Wildman–Crippen LogP) is 2.41. The van der Waals surface area contributed by atoms with Gasteiger partial charge in [-0.3, -0.25) is 9.20 Å². The molecule has 0 bridgehead atoms. The highest BCUT2D eigenvalue weighted by molar-refractivity contribution is 7.98. The number of benzene rings is 1. The van der Waals surface area contributed by atoms with E-state index in [1.165, 1.54) is 39.0 Å². The molecule has 3 aromatic heterocycles.